The van der Waals surface area contributed by atoms with Crippen LogP contribution in [0.4, 0.5) is 10.5 Å². The molecule has 0 saturated carbocycles. The first-order valence-corrected chi connectivity index (χ1v) is 7.23. The third kappa shape index (κ3) is 2.10. The van der Waals surface area contributed by atoms with E-state index in [-0.39, 0.29) is 11.8 Å². The molecule has 0 saturated heterocycles. The van der Waals surface area contributed by atoms with Crippen LogP contribution in [0, 0.1) is 6.92 Å². The van der Waals surface area contributed by atoms with Crippen molar-refractivity contribution in [3.05, 3.63) is 51.2 Å². The predicted molar refractivity (Wildman–Crippen MR) is 79.4 cm³/mol. The molecule has 0 spiro atoms. The second kappa shape index (κ2) is 4.76. The van der Waals surface area contributed by atoms with Crippen molar-refractivity contribution in [1.29, 1.82) is 0 Å². The number of nitrogens with zero attached hydrogens (tertiary/aromatic N) is 1. The van der Waals surface area contributed by atoms with E-state index in [2.05, 4.69) is 5.32 Å². The zero-order chi connectivity index (χ0) is 14.3. The molecule has 0 unspecified atom stereocenters. The first-order chi connectivity index (χ1) is 9.56. The molecule has 20 heavy (non-hydrogen) atoms. The van der Waals surface area contributed by atoms with Gasteiger partial charge in [0.25, 0.3) is 0 Å². The molecule has 2 aromatic rings. The highest BCUT2D eigenvalue weighted by Crippen LogP contribution is 2.26. The van der Waals surface area contributed by atoms with Gasteiger partial charge in [0.2, 0.25) is 0 Å². The molecule has 0 aliphatic carbocycles. The van der Waals surface area contributed by atoms with Crippen molar-refractivity contribution in [2.24, 2.45) is 0 Å². The standard InChI is InChI=1S/C15H14N2O2S/c1-9-7-20-8-12(9)14(18)10-3-4-13-11(5-10)6-17(2)15(19)16-13/h3-5,7-8H,6H2,1-2H3,(H,16,19). The van der Waals surface area contributed by atoms with Crippen molar-refractivity contribution in [2.45, 2.75) is 13.5 Å². The Labute approximate surface area is 121 Å². The molecular formula is C15H14N2O2S. The third-order valence-corrected chi connectivity index (χ3v) is 4.32. The van der Waals surface area contributed by atoms with E-state index in [9.17, 15) is 9.59 Å². The van der Waals surface area contributed by atoms with Crippen LogP contribution in [0.5, 0.6) is 0 Å². The van der Waals surface area contributed by atoms with Gasteiger partial charge in [-0.05, 0) is 41.6 Å². The van der Waals surface area contributed by atoms with Crippen molar-refractivity contribution in [1.82, 2.24) is 4.90 Å². The Morgan fingerprint density at radius 2 is 2.15 bits per heavy atom. The molecule has 0 atom stereocenters. The number of carbonyl (C=O) groups excluding carboxylic acids is 2. The smallest absolute Gasteiger partial charge is 0.321 e. The highest BCUT2D eigenvalue weighted by molar-refractivity contribution is 7.08. The topological polar surface area (TPSA) is 49.4 Å². The van der Waals surface area contributed by atoms with E-state index in [0.717, 1.165) is 22.4 Å². The Hall–Kier alpha value is -2.14. The Morgan fingerprint density at radius 3 is 2.85 bits per heavy atom. The average molecular weight is 286 g/mol. The van der Waals surface area contributed by atoms with Gasteiger partial charge in [-0.2, -0.15) is 11.3 Å². The van der Waals surface area contributed by atoms with Gasteiger partial charge >= 0.3 is 6.03 Å². The van der Waals surface area contributed by atoms with Gasteiger partial charge < -0.3 is 10.2 Å². The van der Waals surface area contributed by atoms with Gasteiger partial charge in [-0.25, -0.2) is 4.79 Å². The molecule has 2 heterocycles. The fourth-order valence-corrected chi connectivity index (χ4v) is 3.10. The molecule has 5 heteroatoms. The third-order valence-electron chi connectivity index (χ3n) is 3.46. The first-order valence-electron chi connectivity index (χ1n) is 6.29. The van der Waals surface area contributed by atoms with E-state index in [4.69, 9.17) is 0 Å². The van der Waals surface area contributed by atoms with Gasteiger partial charge in [0.05, 0.1) is 0 Å². The van der Waals surface area contributed by atoms with Crippen molar-refractivity contribution in [3.8, 4) is 0 Å². The summed E-state index contributed by atoms with van der Waals surface area (Å²) >= 11 is 1.53. The molecule has 0 fully saturated rings. The van der Waals surface area contributed by atoms with Gasteiger partial charge in [-0.15, -0.1) is 0 Å². The summed E-state index contributed by atoms with van der Waals surface area (Å²) in [4.78, 5) is 25.6. The lowest BCUT2D eigenvalue weighted by Gasteiger charge is -2.26. The number of urea groups is 1. The zero-order valence-electron chi connectivity index (χ0n) is 11.3. The molecule has 1 N–H and O–H groups in total. The summed E-state index contributed by atoms with van der Waals surface area (Å²) < 4.78 is 0. The van der Waals surface area contributed by atoms with Gasteiger partial charge in [0.15, 0.2) is 5.78 Å². The van der Waals surface area contributed by atoms with Crippen LogP contribution in [0.15, 0.2) is 29.0 Å². The van der Waals surface area contributed by atoms with Crippen molar-refractivity contribution < 1.29 is 9.59 Å². The van der Waals surface area contributed by atoms with E-state index in [1.807, 2.05) is 23.8 Å². The van der Waals surface area contributed by atoms with Gasteiger partial charge in [0.1, 0.15) is 0 Å². The Kier molecular flexibility index (Phi) is 3.06. The summed E-state index contributed by atoms with van der Waals surface area (Å²) in [6.45, 7) is 2.46. The number of carbonyl (C=O) groups is 2. The number of hydrogen-bond donors (Lipinski definition) is 1. The molecule has 4 nitrogen and oxygen atoms in total. The Morgan fingerprint density at radius 1 is 1.35 bits per heavy atom. The highest BCUT2D eigenvalue weighted by Gasteiger charge is 2.21. The minimum Gasteiger partial charge on any atom is -0.323 e. The fourth-order valence-electron chi connectivity index (χ4n) is 2.27. The number of anilines is 1. The zero-order valence-corrected chi connectivity index (χ0v) is 12.1. The van der Waals surface area contributed by atoms with Crippen LogP contribution in [0.2, 0.25) is 0 Å². The van der Waals surface area contributed by atoms with E-state index >= 15 is 0 Å². The van der Waals surface area contributed by atoms with E-state index < -0.39 is 0 Å². The van der Waals surface area contributed by atoms with E-state index in [1.54, 1.807) is 24.1 Å². The first kappa shape index (κ1) is 12.9. The van der Waals surface area contributed by atoms with E-state index in [1.165, 1.54) is 11.3 Å². The molecule has 0 radical (unpaired) electrons. The maximum absolute atomic E-state index is 12.5. The summed E-state index contributed by atoms with van der Waals surface area (Å²) in [5.74, 6) is 0.0334. The molecule has 102 valence electrons. The normalized spacial score (nSPS) is 13.9. The monoisotopic (exact) mass is 286 g/mol. The van der Waals surface area contributed by atoms with Crippen LogP contribution in [0.3, 0.4) is 0 Å². The molecule has 1 aromatic heterocycles. The average Bonchev–Trinajstić information content (AvgIpc) is 2.85. The molecular weight excluding hydrogens is 272 g/mol. The van der Waals surface area contributed by atoms with Crippen LogP contribution in [0.1, 0.15) is 27.0 Å². The summed E-state index contributed by atoms with van der Waals surface area (Å²) in [6.07, 6.45) is 0. The maximum Gasteiger partial charge on any atom is 0.321 e. The van der Waals surface area contributed by atoms with Crippen molar-refractivity contribution >= 4 is 28.8 Å². The fraction of sp³-hybridized carbons (Fsp3) is 0.200. The van der Waals surface area contributed by atoms with Crippen LogP contribution < -0.4 is 5.32 Å². The van der Waals surface area contributed by atoms with Crippen LogP contribution in [-0.2, 0) is 6.54 Å². The second-order valence-corrected chi connectivity index (χ2v) is 5.70. The minimum atomic E-state index is -0.120. The van der Waals surface area contributed by atoms with Crippen LogP contribution >= 0.6 is 11.3 Å². The van der Waals surface area contributed by atoms with Crippen LogP contribution in [-0.4, -0.2) is 23.8 Å². The molecule has 3 rings (SSSR count). The Bertz CT molecular complexity index is 706. The number of aryl methyl sites for hydroxylation is 1. The molecule has 1 aliphatic rings. The Balaban J connectivity index is 1.97. The van der Waals surface area contributed by atoms with Gasteiger partial charge in [0, 0.05) is 35.8 Å². The van der Waals surface area contributed by atoms with Gasteiger partial charge in [-0.3, -0.25) is 4.79 Å². The quantitative estimate of drug-likeness (QED) is 0.861. The highest BCUT2D eigenvalue weighted by atomic mass is 32.1. The summed E-state index contributed by atoms with van der Waals surface area (Å²) in [7, 11) is 1.73. The predicted octanol–water partition coefficient (Wildman–Crippen LogP) is 3.26. The number of rotatable bonds is 2. The summed E-state index contributed by atoms with van der Waals surface area (Å²) in [5, 5.41) is 6.65. The maximum atomic E-state index is 12.5. The minimum absolute atomic E-state index is 0.0334. The lowest BCUT2D eigenvalue weighted by atomic mass is 9.99. The largest absolute Gasteiger partial charge is 0.323 e. The lowest BCUT2D eigenvalue weighted by molar-refractivity contribution is 0.103. The number of nitrogens with one attached hydrogen (secondary N) is 1. The summed E-state index contributed by atoms with van der Waals surface area (Å²) in [6, 6.07) is 5.31. The van der Waals surface area contributed by atoms with Crippen molar-refractivity contribution in [3.63, 3.8) is 0 Å². The molecule has 1 aliphatic heterocycles. The lowest BCUT2D eigenvalue weighted by Crippen LogP contribution is -2.35. The number of fused-ring (bicyclic) bond motifs is 1. The van der Waals surface area contributed by atoms with Gasteiger partial charge in [-0.1, -0.05) is 0 Å². The number of benzene rings is 1. The SMILES string of the molecule is Cc1cscc1C(=O)c1ccc2c(c1)CN(C)C(=O)N2. The van der Waals surface area contributed by atoms with Crippen LogP contribution in [0.25, 0.3) is 0 Å². The molecule has 1 aromatic carbocycles. The number of ketones is 1. The number of hydrogen-bond acceptors (Lipinski definition) is 3. The van der Waals surface area contributed by atoms with Crippen molar-refractivity contribution in [2.75, 3.05) is 12.4 Å². The number of thiophene rings is 1. The molecule has 2 amide bonds. The van der Waals surface area contributed by atoms with E-state index in [0.29, 0.717) is 12.1 Å². The molecule has 0 bridgehead atoms. The number of amides is 2. The second-order valence-electron chi connectivity index (χ2n) is 4.96. The summed E-state index contributed by atoms with van der Waals surface area (Å²) in [5.41, 5.74) is 4.17.